The number of alkyl carbamates (subject to hydrolysis) is 2. The van der Waals surface area contributed by atoms with Gasteiger partial charge in [0, 0.05) is 12.5 Å². The zero-order chi connectivity index (χ0) is 34.0. The average Bonchev–Trinajstić information content (AvgIpc) is 3.35. The zero-order valence-electron chi connectivity index (χ0n) is 27.8. The summed E-state index contributed by atoms with van der Waals surface area (Å²) in [4.78, 5) is 51.0. The molecule has 0 saturated carbocycles. The third-order valence-corrected chi connectivity index (χ3v) is 7.76. The van der Waals surface area contributed by atoms with Gasteiger partial charge in [-0.25, -0.2) is 14.4 Å². The second-order valence-corrected chi connectivity index (χ2v) is 12.8. The van der Waals surface area contributed by atoms with Crippen molar-refractivity contribution in [2.45, 2.75) is 84.1 Å². The molecular weight excluding hydrogens is 598 g/mol. The molecule has 3 aromatic carbocycles. The monoisotopic (exact) mass is 643 g/mol. The number of hydrogen-bond donors (Lipinski definition) is 3. The number of unbranched alkanes of at least 4 members (excludes halogenated alkanes) is 1. The molecule has 2 atom stereocenters. The molecule has 0 saturated heterocycles. The number of rotatable bonds is 13. The Morgan fingerprint density at radius 1 is 0.787 bits per heavy atom. The van der Waals surface area contributed by atoms with Crippen LogP contribution in [0.15, 0.2) is 72.8 Å². The smallest absolute Gasteiger partial charge is 0.407 e. The van der Waals surface area contributed by atoms with E-state index >= 15 is 0 Å². The second kappa shape index (κ2) is 16.1. The third-order valence-electron chi connectivity index (χ3n) is 7.76. The van der Waals surface area contributed by atoms with Crippen LogP contribution in [0.4, 0.5) is 9.59 Å². The first-order valence-electron chi connectivity index (χ1n) is 16.0. The van der Waals surface area contributed by atoms with Crippen molar-refractivity contribution in [2.75, 3.05) is 13.2 Å². The number of amides is 3. The molecule has 0 fully saturated rings. The first-order valence-corrected chi connectivity index (χ1v) is 16.0. The highest BCUT2D eigenvalue weighted by molar-refractivity contribution is 5.89. The van der Waals surface area contributed by atoms with E-state index in [0.29, 0.717) is 19.4 Å². The van der Waals surface area contributed by atoms with Crippen LogP contribution in [0.3, 0.4) is 0 Å². The maximum atomic E-state index is 13.1. The molecule has 0 bridgehead atoms. The highest BCUT2D eigenvalue weighted by atomic mass is 16.6. The summed E-state index contributed by atoms with van der Waals surface area (Å²) >= 11 is 0. The van der Waals surface area contributed by atoms with E-state index in [-0.39, 0.29) is 25.6 Å². The van der Waals surface area contributed by atoms with Gasteiger partial charge in [0.1, 0.15) is 30.9 Å². The average molecular weight is 644 g/mol. The van der Waals surface area contributed by atoms with Crippen molar-refractivity contribution in [3.63, 3.8) is 0 Å². The quantitative estimate of drug-likeness (QED) is 0.116. The van der Waals surface area contributed by atoms with Gasteiger partial charge in [0.25, 0.3) is 0 Å². The molecule has 4 rings (SSSR count). The van der Waals surface area contributed by atoms with Gasteiger partial charge in [-0.3, -0.25) is 4.79 Å². The number of hydrogen-bond acceptors (Lipinski definition) is 7. The molecule has 1 aliphatic rings. The van der Waals surface area contributed by atoms with Gasteiger partial charge >= 0.3 is 18.2 Å². The second-order valence-electron chi connectivity index (χ2n) is 12.8. The summed E-state index contributed by atoms with van der Waals surface area (Å²) in [7, 11) is 0. The van der Waals surface area contributed by atoms with Gasteiger partial charge in [0.15, 0.2) is 0 Å². The minimum absolute atomic E-state index is 0.0548. The van der Waals surface area contributed by atoms with Crippen molar-refractivity contribution in [1.82, 2.24) is 16.0 Å². The maximum absolute atomic E-state index is 13.1. The summed E-state index contributed by atoms with van der Waals surface area (Å²) < 4.78 is 16.4. The molecule has 250 valence electrons. The molecule has 0 heterocycles. The molecule has 0 radical (unpaired) electrons. The summed E-state index contributed by atoms with van der Waals surface area (Å²) in [6.45, 7) is 9.35. The lowest BCUT2D eigenvalue weighted by atomic mass is 9.98. The summed E-state index contributed by atoms with van der Waals surface area (Å²) in [5.41, 5.74) is 5.70. The fourth-order valence-corrected chi connectivity index (χ4v) is 5.35. The molecule has 1 aliphatic carbocycles. The standard InChI is InChI=1S/C37H45N3O7/c1-24-17-19-26(20-18-24)22-45-34(42)32(16-10-11-21-38-35(43)47-37(3,4)5)40-33(41)25(2)39-36(44)46-23-31-29-14-8-6-12-27(29)28-13-7-9-15-30(28)31/h6-9,12-15,17-20,25,31-32H,10-11,16,21-23H2,1-5H3,(H,38,43)(H,39,44)(H,40,41)/t25-,32+/m1/s1. The Morgan fingerprint density at radius 3 is 2.02 bits per heavy atom. The topological polar surface area (TPSA) is 132 Å². The summed E-state index contributed by atoms with van der Waals surface area (Å²) in [6, 6.07) is 21.7. The highest BCUT2D eigenvalue weighted by Crippen LogP contribution is 2.44. The molecule has 3 aromatic rings. The number of carbonyl (C=O) groups excluding carboxylic acids is 4. The fourth-order valence-electron chi connectivity index (χ4n) is 5.35. The molecule has 10 nitrogen and oxygen atoms in total. The SMILES string of the molecule is Cc1ccc(COC(=O)[C@H](CCCCNC(=O)OC(C)(C)C)NC(=O)[C@@H](C)NC(=O)OCC2c3ccccc3-c3ccccc32)cc1. The predicted octanol–water partition coefficient (Wildman–Crippen LogP) is 6.15. The Balaban J connectivity index is 1.30. The molecule has 47 heavy (non-hydrogen) atoms. The van der Waals surface area contributed by atoms with Gasteiger partial charge in [-0.1, -0.05) is 78.4 Å². The molecule has 0 aromatic heterocycles. The van der Waals surface area contributed by atoms with Crippen LogP contribution in [0, 0.1) is 6.92 Å². The van der Waals surface area contributed by atoms with E-state index < -0.39 is 41.7 Å². The summed E-state index contributed by atoms with van der Waals surface area (Å²) in [5.74, 6) is -1.26. The molecule has 10 heteroatoms. The van der Waals surface area contributed by atoms with E-state index in [1.807, 2.05) is 67.6 Å². The lowest BCUT2D eigenvalue weighted by Crippen LogP contribution is -2.50. The third kappa shape index (κ3) is 10.3. The molecule has 0 unspecified atom stereocenters. The van der Waals surface area contributed by atoms with Gasteiger partial charge in [0.05, 0.1) is 0 Å². The molecular formula is C37H45N3O7. The minimum atomic E-state index is -0.980. The number of benzene rings is 3. The lowest BCUT2D eigenvalue weighted by molar-refractivity contribution is -0.149. The van der Waals surface area contributed by atoms with Gasteiger partial charge in [0.2, 0.25) is 5.91 Å². The molecule has 0 spiro atoms. The van der Waals surface area contributed by atoms with Crippen LogP contribution in [0.1, 0.15) is 75.1 Å². The Labute approximate surface area is 276 Å². The number of aryl methyl sites for hydroxylation is 1. The Hall–Kier alpha value is -4.86. The lowest BCUT2D eigenvalue weighted by Gasteiger charge is -2.21. The highest BCUT2D eigenvalue weighted by Gasteiger charge is 2.30. The molecule has 3 amide bonds. The van der Waals surface area contributed by atoms with Crippen LogP contribution in [0.5, 0.6) is 0 Å². The van der Waals surface area contributed by atoms with Crippen molar-refractivity contribution in [3.05, 3.63) is 95.1 Å². The van der Waals surface area contributed by atoms with Crippen molar-refractivity contribution in [1.29, 1.82) is 0 Å². The van der Waals surface area contributed by atoms with Crippen LogP contribution in [0.25, 0.3) is 11.1 Å². The van der Waals surface area contributed by atoms with Gasteiger partial charge in [-0.2, -0.15) is 0 Å². The van der Waals surface area contributed by atoms with E-state index in [9.17, 15) is 19.2 Å². The van der Waals surface area contributed by atoms with Gasteiger partial charge < -0.3 is 30.2 Å². The van der Waals surface area contributed by atoms with Crippen LogP contribution in [0.2, 0.25) is 0 Å². The number of esters is 1. The van der Waals surface area contributed by atoms with Crippen LogP contribution in [-0.2, 0) is 30.4 Å². The van der Waals surface area contributed by atoms with E-state index in [4.69, 9.17) is 14.2 Å². The summed E-state index contributed by atoms with van der Waals surface area (Å²) in [6.07, 6.45) is 0.0692. The molecule has 0 aliphatic heterocycles. The Bertz CT molecular complexity index is 1500. The first kappa shape index (κ1) is 35.0. The molecule has 3 N–H and O–H groups in total. The van der Waals surface area contributed by atoms with Crippen LogP contribution >= 0.6 is 0 Å². The van der Waals surface area contributed by atoms with Gasteiger partial charge in [-0.15, -0.1) is 0 Å². The van der Waals surface area contributed by atoms with E-state index in [2.05, 4.69) is 28.1 Å². The Morgan fingerprint density at radius 2 is 1.40 bits per heavy atom. The van der Waals surface area contributed by atoms with Gasteiger partial charge in [-0.05, 0) is 81.7 Å². The van der Waals surface area contributed by atoms with Crippen molar-refractivity contribution in [2.24, 2.45) is 0 Å². The van der Waals surface area contributed by atoms with E-state index in [1.54, 1.807) is 20.8 Å². The number of nitrogens with one attached hydrogen (secondary N) is 3. The Kier molecular flexibility index (Phi) is 12.0. The van der Waals surface area contributed by atoms with E-state index in [0.717, 1.165) is 33.4 Å². The van der Waals surface area contributed by atoms with E-state index in [1.165, 1.54) is 6.92 Å². The minimum Gasteiger partial charge on any atom is -0.459 e. The zero-order valence-corrected chi connectivity index (χ0v) is 27.8. The number of fused-ring (bicyclic) bond motifs is 3. The number of carbonyl (C=O) groups is 4. The van der Waals surface area contributed by atoms with Crippen molar-refractivity contribution >= 4 is 24.1 Å². The number of ether oxygens (including phenoxy) is 3. The van der Waals surface area contributed by atoms with Crippen molar-refractivity contribution in [3.8, 4) is 11.1 Å². The first-order chi connectivity index (χ1) is 22.4. The predicted molar refractivity (Wildman–Crippen MR) is 179 cm³/mol. The fraction of sp³-hybridized carbons (Fsp3) is 0.405. The van der Waals surface area contributed by atoms with Crippen molar-refractivity contribution < 1.29 is 33.4 Å². The summed E-state index contributed by atoms with van der Waals surface area (Å²) in [5, 5.41) is 8.00. The van der Waals surface area contributed by atoms with Crippen LogP contribution < -0.4 is 16.0 Å². The largest absolute Gasteiger partial charge is 0.459 e. The normalized spacial score (nSPS) is 13.4. The van der Waals surface area contributed by atoms with Crippen LogP contribution in [-0.4, -0.2) is 54.9 Å². The maximum Gasteiger partial charge on any atom is 0.407 e.